The number of carbonyl (C=O) groups is 1. The summed E-state index contributed by atoms with van der Waals surface area (Å²) in [7, 11) is 1.69. The second-order valence-electron chi connectivity index (χ2n) is 5.36. The molecule has 0 radical (unpaired) electrons. The van der Waals surface area contributed by atoms with E-state index in [0.717, 1.165) is 25.9 Å². The molecule has 0 aromatic rings. The maximum absolute atomic E-state index is 12.7. The number of hydrogen-bond donors (Lipinski definition) is 1. The van der Waals surface area contributed by atoms with E-state index in [9.17, 15) is 4.79 Å². The van der Waals surface area contributed by atoms with Crippen molar-refractivity contribution in [1.82, 2.24) is 10.2 Å². The number of amides is 1. The molecule has 4 heteroatoms. The van der Waals surface area contributed by atoms with Crippen LogP contribution in [0.2, 0.25) is 0 Å². The highest BCUT2D eigenvalue weighted by Crippen LogP contribution is 2.22. The number of ether oxygens (including phenoxy) is 1. The van der Waals surface area contributed by atoms with Crippen LogP contribution in [0.5, 0.6) is 0 Å². The Hall–Kier alpha value is -0.610. The molecule has 106 valence electrons. The molecule has 0 saturated carbocycles. The lowest BCUT2D eigenvalue weighted by atomic mass is 9.86. The summed E-state index contributed by atoms with van der Waals surface area (Å²) in [6, 6.07) is 0.301. The smallest absolute Gasteiger partial charge is 0.226 e. The highest BCUT2D eigenvalue weighted by Gasteiger charge is 2.32. The molecule has 3 unspecified atom stereocenters. The summed E-state index contributed by atoms with van der Waals surface area (Å²) >= 11 is 0. The molecule has 0 aromatic heterocycles. The summed E-state index contributed by atoms with van der Waals surface area (Å²) in [6.45, 7) is 9.66. The first-order valence-corrected chi connectivity index (χ1v) is 7.11. The number of rotatable bonds is 6. The van der Waals surface area contributed by atoms with Gasteiger partial charge < -0.3 is 15.0 Å². The average Bonchev–Trinajstić information content (AvgIpc) is 2.39. The standard InChI is InChI=1S/C14H28N2O2/c1-5-12(3)16(8-9-18-4)14(17)13-6-7-15-10-11(13)2/h11-13,15H,5-10H2,1-4H3. The first-order valence-electron chi connectivity index (χ1n) is 7.11. The topological polar surface area (TPSA) is 41.6 Å². The zero-order valence-electron chi connectivity index (χ0n) is 12.2. The predicted molar refractivity (Wildman–Crippen MR) is 73.5 cm³/mol. The summed E-state index contributed by atoms with van der Waals surface area (Å²) < 4.78 is 5.13. The molecule has 1 aliphatic rings. The van der Waals surface area contributed by atoms with E-state index in [2.05, 4.69) is 26.1 Å². The minimum Gasteiger partial charge on any atom is -0.383 e. The molecule has 0 aliphatic carbocycles. The maximum Gasteiger partial charge on any atom is 0.226 e. The van der Waals surface area contributed by atoms with Gasteiger partial charge in [0.25, 0.3) is 0 Å². The largest absolute Gasteiger partial charge is 0.383 e. The van der Waals surface area contributed by atoms with Gasteiger partial charge in [-0.3, -0.25) is 4.79 Å². The van der Waals surface area contributed by atoms with Crippen LogP contribution in [0.15, 0.2) is 0 Å². The van der Waals surface area contributed by atoms with Crippen LogP contribution in [0, 0.1) is 11.8 Å². The Bertz CT molecular complexity index is 258. The third-order valence-corrected chi connectivity index (χ3v) is 4.04. The van der Waals surface area contributed by atoms with Crippen molar-refractivity contribution in [2.75, 3.05) is 33.4 Å². The minimum atomic E-state index is 0.178. The van der Waals surface area contributed by atoms with E-state index >= 15 is 0 Å². The molecule has 1 fully saturated rings. The first-order chi connectivity index (χ1) is 8.61. The Morgan fingerprint density at radius 1 is 1.56 bits per heavy atom. The molecule has 0 bridgehead atoms. The molecule has 1 rings (SSSR count). The van der Waals surface area contributed by atoms with E-state index in [0.29, 0.717) is 31.0 Å². The van der Waals surface area contributed by atoms with Gasteiger partial charge in [-0.25, -0.2) is 0 Å². The van der Waals surface area contributed by atoms with Gasteiger partial charge in [0.2, 0.25) is 5.91 Å². The van der Waals surface area contributed by atoms with E-state index in [-0.39, 0.29) is 5.92 Å². The number of hydrogen-bond acceptors (Lipinski definition) is 3. The lowest BCUT2D eigenvalue weighted by Crippen LogP contribution is -2.49. The molecular formula is C14H28N2O2. The molecule has 1 amide bonds. The van der Waals surface area contributed by atoms with Crippen molar-refractivity contribution in [1.29, 1.82) is 0 Å². The fourth-order valence-electron chi connectivity index (χ4n) is 2.55. The third kappa shape index (κ3) is 3.95. The monoisotopic (exact) mass is 256 g/mol. The van der Waals surface area contributed by atoms with Crippen molar-refractivity contribution in [3.8, 4) is 0 Å². The first kappa shape index (κ1) is 15.4. The van der Waals surface area contributed by atoms with Crippen LogP contribution in [-0.4, -0.2) is 50.2 Å². The van der Waals surface area contributed by atoms with Crippen molar-refractivity contribution in [2.24, 2.45) is 11.8 Å². The van der Waals surface area contributed by atoms with Gasteiger partial charge in [-0.05, 0) is 38.8 Å². The van der Waals surface area contributed by atoms with Crippen molar-refractivity contribution in [2.45, 2.75) is 39.7 Å². The molecule has 0 spiro atoms. The molecule has 4 nitrogen and oxygen atoms in total. The van der Waals surface area contributed by atoms with Crippen molar-refractivity contribution >= 4 is 5.91 Å². The fourth-order valence-corrected chi connectivity index (χ4v) is 2.55. The maximum atomic E-state index is 12.7. The Labute approximate surface area is 111 Å². The van der Waals surface area contributed by atoms with Gasteiger partial charge in [-0.2, -0.15) is 0 Å². The van der Waals surface area contributed by atoms with Crippen LogP contribution in [0.1, 0.15) is 33.6 Å². The fraction of sp³-hybridized carbons (Fsp3) is 0.929. The second-order valence-corrected chi connectivity index (χ2v) is 5.36. The van der Waals surface area contributed by atoms with Crippen LogP contribution in [0.4, 0.5) is 0 Å². The van der Waals surface area contributed by atoms with E-state index in [1.165, 1.54) is 0 Å². The highest BCUT2D eigenvalue weighted by molar-refractivity contribution is 5.79. The Balaban J connectivity index is 2.67. The Kier molecular flexibility index (Phi) is 6.65. The molecule has 1 N–H and O–H groups in total. The summed E-state index contributed by atoms with van der Waals surface area (Å²) in [5, 5.41) is 3.35. The van der Waals surface area contributed by atoms with Crippen LogP contribution in [-0.2, 0) is 9.53 Å². The Morgan fingerprint density at radius 2 is 2.28 bits per heavy atom. The third-order valence-electron chi connectivity index (χ3n) is 4.04. The van der Waals surface area contributed by atoms with Crippen LogP contribution in [0.3, 0.4) is 0 Å². The van der Waals surface area contributed by atoms with Gasteiger partial charge in [0.1, 0.15) is 0 Å². The van der Waals surface area contributed by atoms with E-state index in [1.54, 1.807) is 7.11 Å². The Morgan fingerprint density at radius 3 is 2.83 bits per heavy atom. The summed E-state index contributed by atoms with van der Waals surface area (Å²) in [5.41, 5.74) is 0. The quantitative estimate of drug-likeness (QED) is 0.783. The number of nitrogens with one attached hydrogen (secondary N) is 1. The molecule has 18 heavy (non-hydrogen) atoms. The minimum absolute atomic E-state index is 0.178. The van der Waals surface area contributed by atoms with Gasteiger partial charge in [-0.15, -0.1) is 0 Å². The highest BCUT2D eigenvalue weighted by atomic mass is 16.5. The van der Waals surface area contributed by atoms with Gasteiger partial charge in [-0.1, -0.05) is 13.8 Å². The summed E-state index contributed by atoms with van der Waals surface area (Å²) in [5.74, 6) is 0.924. The van der Waals surface area contributed by atoms with Gasteiger partial charge in [0.05, 0.1) is 6.61 Å². The molecule has 3 atom stereocenters. The summed E-state index contributed by atoms with van der Waals surface area (Å²) in [4.78, 5) is 14.7. The van der Waals surface area contributed by atoms with Gasteiger partial charge >= 0.3 is 0 Å². The van der Waals surface area contributed by atoms with E-state index < -0.39 is 0 Å². The zero-order valence-corrected chi connectivity index (χ0v) is 12.2. The van der Waals surface area contributed by atoms with Gasteiger partial charge in [0.15, 0.2) is 0 Å². The molecule has 1 saturated heterocycles. The van der Waals surface area contributed by atoms with Crippen molar-refractivity contribution < 1.29 is 9.53 Å². The van der Waals surface area contributed by atoms with Crippen molar-refractivity contribution in [3.63, 3.8) is 0 Å². The molecular weight excluding hydrogens is 228 g/mol. The van der Waals surface area contributed by atoms with Crippen LogP contribution in [0.25, 0.3) is 0 Å². The average molecular weight is 256 g/mol. The zero-order chi connectivity index (χ0) is 13.5. The number of methoxy groups -OCH3 is 1. The van der Waals surface area contributed by atoms with Crippen LogP contribution >= 0.6 is 0 Å². The van der Waals surface area contributed by atoms with Gasteiger partial charge in [0, 0.05) is 25.6 Å². The lowest BCUT2D eigenvalue weighted by molar-refractivity contribution is -0.140. The normalized spacial score (nSPS) is 25.8. The number of carbonyl (C=O) groups excluding carboxylic acids is 1. The number of piperidine rings is 1. The SMILES string of the molecule is CCC(C)N(CCOC)C(=O)C1CCNCC1C. The molecule has 1 heterocycles. The summed E-state index contributed by atoms with van der Waals surface area (Å²) in [6.07, 6.45) is 1.95. The number of nitrogens with zero attached hydrogens (tertiary/aromatic N) is 1. The van der Waals surface area contributed by atoms with Crippen molar-refractivity contribution in [3.05, 3.63) is 0 Å². The predicted octanol–water partition coefficient (Wildman–Crippen LogP) is 1.51. The second kappa shape index (κ2) is 7.74. The van der Waals surface area contributed by atoms with E-state index in [4.69, 9.17) is 4.74 Å². The lowest BCUT2D eigenvalue weighted by Gasteiger charge is -2.36. The van der Waals surface area contributed by atoms with E-state index in [1.807, 2.05) is 4.90 Å². The van der Waals surface area contributed by atoms with Crippen LogP contribution < -0.4 is 5.32 Å². The molecule has 1 aliphatic heterocycles. The molecule has 0 aromatic carbocycles.